The monoisotopic (exact) mass is 327 g/mol. The van der Waals surface area contributed by atoms with Gasteiger partial charge in [0, 0.05) is 16.8 Å². The van der Waals surface area contributed by atoms with Crippen molar-refractivity contribution >= 4 is 17.3 Å². The number of para-hydroxylation sites is 1. The van der Waals surface area contributed by atoms with E-state index in [0.29, 0.717) is 0 Å². The molecule has 3 aromatic carbocycles. The van der Waals surface area contributed by atoms with Gasteiger partial charge in [-0.2, -0.15) is 5.10 Å². The number of benzene rings is 3. The van der Waals surface area contributed by atoms with Crippen LogP contribution in [0, 0.1) is 0 Å². The zero-order valence-electron chi connectivity index (χ0n) is 13.6. The molecule has 4 rings (SSSR count). The molecule has 0 radical (unpaired) electrons. The summed E-state index contributed by atoms with van der Waals surface area (Å²) >= 11 is 0. The van der Waals surface area contributed by atoms with Gasteiger partial charge < -0.3 is 5.32 Å². The minimum Gasteiger partial charge on any atom is -0.376 e. The minimum atomic E-state index is -0.182. The minimum absolute atomic E-state index is 0.171. The fraction of sp³-hybridized carbons (Fsp3) is 0.0476. The van der Waals surface area contributed by atoms with Gasteiger partial charge in [-0.25, -0.2) is 5.43 Å². The molecule has 1 amide bonds. The molecule has 0 bridgehead atoms. The summed E-state index contributed by atoms with van der Waals surface area (Å²) in [5.41, 5.74) is 8.75. The summed E-state index contributed by atoms with van der Waals surface area (Å²) in [4.78, 5) is 12.1. The van der Waals surface area contributed by atoms with Crippen LogP contribution < -0.4 is 10.7 Å². The van der Waals surface area contributed by atoms with E-state index in [9.17, 15) is 4.79 Å². The molecule has 122 valence electrons. The van der Waals surface area contributed by atoms with E-state index in [1.807, 2.05) is 66.7 Å². The van der Waals surface area contributed by atoms with Crippen LogP contribution in [0.2, 0.25) is 0 Å². The lowest BCUT2D eigenvalue weighted by Gasteiger charge is -2.06. The maximum Gasteiger partial charge on any atom is 0.259 e. The second-order valence-corrected chi connectivity index (χ2v) is 5.81. The molecule has 0 saturated heterocycles. The first-order valence-corrected chi connectivity index (χ1v) is 8.17. The molecule has 0 aliphatic heterocycles. The number of carbonyl (C=O) groups excluding carboxylic acids is 1. The second-order valence-electron chi connectivity index (χ2n) is 5.81. The molecule has 1 aliphatic carbocycles. The average molecular weight is 327 g/mol. The highest BCUT2D eigenvalue weighted by molar-refractivity contribution is 6.24. The van der Waals surface area contributed by atoms with Gasteiger partial charge in [0.1, 0.15) is 0 Å². The Kier molecular flexibility index (Phi) is 4.01. The molecule has 0 saturated carbocycles. The third-order valence-corrected chi connectivity index (χ3v) is 4.17. The normalized spacial score (nSPS) is 11.4. The van der Waals surface area contributed by atoms with Crippen LogP contribution in [0.15, 0.2) is 84.0 Å². The number of carbonyl (C=O) groups is 1. The first-order valence-electron chi connectivity index (χ1n) is 8.17. The van der Waals surface area contributed by atoms with Crippen LogP contribution in [-0.4, -0.2) is 18.2 Å². The Morgan fingerprint density at radius 1 is 0.720 bits per heavy atom. The Labute approximate surface area is 146 Å². The third kappa shape index (κ3) is 3.02. The average Bonchev–Trinajstić information content (AvgIpc) is 2.99. The van der Waals surface area contributed by atoms with Gasteiger partial charge in [-0.1, -0.05) is 66.7 Å². The molecule has 4 nitrogen and oxygen atoms in total. The SMILES string of the molecule is O=C(CNc1ccccc1)NN=C1c2ccccc2-c2ccccc21. The van der Waals surface area contributed by atoms with Gasteiger partial charge in [-0.3, -0.25) is 4.79 Å². The van der Waals surface area contributed by atoms with Gasteiger partial charge in [0.15, 0.2) is 0 Å². The van der Waals surface area contributed by atoms with Crippen LogP contribution in [0.4, 0.5) is 5.69 Å². The number of amides is 1. The number of fused-ring (bicyclic) bond motifs is 3. The number of hydrogen-bond acceptors (Lipinski definition) is 3. The van der Waals surface area contributed by atoms with Crippen molar-refractivity contribution in [3.05, 3.63) is 90.0 Å². The molecule has 4 heteroatoms. The highest BCUT2D eigenvalue weighted by Crippen LogP contribution is 2.36. The molecule has 0 atom stereocenters. The molecule has 0 heterocycles. The molecular weight excluding hydrogens is 310 g/mol. The topological polar surface area (TPSA) is 53.5 Å². The van der Waals surface area contributed by atoms with Crippen molar-refractivity contribution in [3.63, 3.8) is 0 Å². The summed E-state index contributed by atoms with van der Waals surface area (Å²) in [5, 5.41) is 7.47. The molecule has 0 aromatic heterocycles. The summed E-state index contributed by atoms with van der Waals surface area (Å²) in [6.07, 6.45) is 0. The lowest BCUT2D eigenvalue weighted by Crippen LogP contribution is -2.27. The zero-order valence-corrected chi connectivity index (χ0v) is 13.6. The zero-order chi connectivity index (χ0) is 17.1. The van der Waals surface area contributed by atoms with E-state index in [-0.39, 0.29) is 12.5 Å². The van der Waals surface area contributed by atoms with Gasteiger partial charge in [0.2, 0.25) is 0 Å². The van der Waals surface area contributed by atoms with Crippen molar-refractivity contribution in [1.82, 2.24) is 5.43 Å². The summed E-state index contributed by atoms with van der Waals surface area (Å²) < 4.78 is 0. The highest BCUT2D eigenvalue weighted by atomic mass is 16.2. The standard InChI is InChI=1S/C21H17N3O/c25-20(14-22-15-8-2-1-3-9-15)23-24-21-18-12-6-4-10-16(18)17-11-5-7-13-19(17)21/h1-13,22H,14H2,(H,23,25). The first-order chi connectivity index (χ1) is 12.3. The summed E-state index contributed by atoms with van der Waals surface area (Å²) in [5.74, 6) is -0.182. The van der Waals surface area contributed by atoms with Crippen LogP contribution in [0.25, 0.3) is 11.1 Å². The summed E-state index contributed by atoms with van der Waals surface area (Å²) in [7, 11) is 0. The van der Waals surface area contributed by atoms with Crippen LogP contribution in [0.3, 0.4) is 0 Å². The molecule has 3 aromatic rings. The number of nitrogens with one attached hydrogen (secondary N) is 2. The van der Waals surface area contributed by atoms with E-state index in [1.165, 1.54) is 0 Å². The van der Waals surface area contributed by atoms with Gasteiger partial charge in [-0.15, -0.1) is 0 Å². The van der Waals surface area contributed by atoms with Crippen LogP contribution in [0.5, 0.6) is 0 Å². The lowest BCUT2D eigenvalue weighted by molar-refractivity contribution is -0.119. The molecular formula is C21H17N3O. The Morgan fingerprint density at radius 2 is 1.24 bits per heavy atom. The number of rotatable bonds is 4. The van der Waals surface area contributed by atoms with Gasteiger partial charge >= 0.3 is 0 Å². The van der Waals surface area contributed by atoms with Crippen LogP contribution in [-0.2, 0) is 4.79 Å². The van der Waals surface area contributed by atoms with Crippen molar-refractivity contribution in [1.29, 1.82) is 0 Å². The Bertz CT molecular complexity index is 901. The molecule has 0 unspecified atom stereocenters. The summed E-state index contributed by atoms with van der Waals surface area (Å²) in [6.45, 7) is 0.171. The van der Waals surface area contributed by atoms with E-state index in [4.69, 9.17) is 0 Å². The molecule has 1 aliphatic rings. The second kappa shape index (κ2) is 6.61. The van der Waals surface area contributed by atoms with Crippen molar-refractivity contribution < 1.29 is 4.79 Å². The molecule has 0 fully saturated rings. The lowest BCUT2D eigenvalue weighted by atomic mass is 10.1. The van der Waals surface area contributed by atoms with Crippen molar-refractivity contribution in [3.8, 4) is 11.1 Å². The van der Waals surface area contributed by atoms with Crippen LogP contribution in [0.1, 0.15) is 11.1 Å². The number of anilines is 1. The Hall–Kier alpha value is -3.40. The largest absolute Gasteiger partial charge is 0.376 e. The van der Waals surface area contributed by atoms with Gasteiger partial charge in [0.05, 0.1) is 12.3 Å². The van der Waals surface area contributed by atoms with E-state index in [1.54, 1.807) is 0 Å². The number of hydrazone groups is 1. The number of nitrogens with zero attached hydrogens (tertiary/aromatic N) is 1. The maximum atomic E-state index is 12.1. The first kappa shape index (κ1) is 15.1. The van der Waals surface area contributed by atoms with E-state index in [2.05, 4.69) is 28.0 Å². The van der Waals surface area contributed by atoms with E-state index >= 15 is 0 Å². The van der Waals surface area contributed by atoms with Crippen molar-refractivity contribution in [2.24, 2.45) is 5.10 Å². The number of hydrogen-bond donors (Lipinski definition) is 2. The van der Waals surface area contributed by atoms with Crippen LogP contribution >= 0.6 is 0 Å². The van der Waals surface area contributed by atoms with Crippen molar-refractivity contribution in [2.75, 3.05) is 11.9 Å². The van der Waals surface area contributed by atoms with E-state index in [0.717, 1.165) is 33.7 Å². The predicted molar refractivity (Wildman–Crippen MR) is 101 cm³/mol. The fourth-order valence-electron chi connectivity index (χ4n) is 3.01. The Balaban J connectivity index is 1.52. The third-order valence-electron chi connectivity index (χ3n) is 4.17. The quantitative estimate of drug-likeness (QED) is 0.562. The molecule has 2 N–H and O–H groups in total. The molecule has 0 spiro atoms. The highest BCUT2D eigenvalue weighted by Gasteiger charge is 2.24. The van der Waals surface area contributed by atoms with E-state index < -0.39 is 0 Å². The van der Waals surface area contributed by atoms with Gasteiger partial charge in [-0.05, 0) is 23.3 Å². The van der Waals surface area contributed by atoms with Gasteiger partial charge in [0.25, 0.3) is 5.91 Å². The van der Waals surface area contributed by atoms with Crippen molar-refractivity contribution in [2.45, 2.75) is 0 Å². The Morgan fingerprint density at radius 3 is 1.84 bits per heavy atom. The summed E-state index contributed by atoms with van der Waals surface area (Å²) in [6, 6.07) is 25.8. The fourth-order valence-corrected chi connectivity index (χ4v) is 3.01. The molecule has 25 heavy (non-hydrogen) atoms. The predicted octanol–water partition coefficient (Wildman–Crippen LogP) is 3.65. The maximum absolute atomic E-state index is 12.1. The smallest absolute Gasteiger partial charge is 0.259 e.